The summed E-state index contributed by atoms with van der Waals surface area (Å²) in [5, 5.41) is 48.5. The quantitative estimate of drug-likeness (QED) is 0.0667. The van der Waals surface area contributed by atoms with Gasteiger partial charge in [-0.25, -0.2) is 9.48 Å². The van der Waals surface area contributed by atoms with Crippen molar-refractivity contribution in [3.63, 3.8) is 0 Å². The molecule has 0 radical (unpaired) electrons. The van der Waals surface area contributed by atoms with Gasteiger partial charge in [-0.3, -0.25) is 4.79 Å². The van der Waals surface area contributed by atoms with Crippen molar-refractivity contribution in [3.05, 3.63) is 133 Å². The van der Waals surface area contributed by atoms with Gasteiger partial charge in [0.05, 0.1) is 26.9 Å². The molecule has 0 amide bonds. The van der Waals surface area contributed by atoms with E-state index in [1.54, 1.807) is 18.2 Å². The molecule has 7 aromatic rings. The lowest BCUT2D eigenvalue weighted by atomic mass is 9.91. The summed E-state index contributed by atoms with van der Waals surface area (Å²) in [6.07, 6.45) is 6.16. The summed E-state index contributed by atoms with van der Waals surface area (Å²) in [6, 6.07) is 26.2. The van der Waals surface area contributed by atoms with Gasteiger partial charge >= 0.3 is 5.97 Å². The number of phenols is 1. The minimum absolute atomic E-state index is 0.0331. The Bertz CT molecular complexity index is 2710. The molecule has 1 saturated carbocycles. The van der Waals surface area contributed by atoms with Crippen LogP contribution in [0.4, 0.5) is 0 Å². The number of aliphatic hydroxyl groups is 2. The Morgan fingerprint density at radius 1 is 1.02 bits per heavy atom. The maximum absolute atomic E-state index is 13.9. The third-order valence-electron chi connectivity index (χ3n) is 12.5. The Labute approximate surface area is 361 Å². The van der Waals surface area contributed by atoms with Crippen molar-refractivity contribution in [2.45, 2.75) is 88.3 Å². The van der Waals surface area contributed by atoms with E-state index in [-0.39, 0.29) is 17.4 Å². The molecule has 4 aromatic heterocycles. The molecule has 0 saturated heterocycles. The van der Waals surface area contributed by atoms with E-state index in [9.17, 15) is 24.9 Å². The Morgan fingerprint density at radius 2 is 1.84 bits per heavy atom. The topological polar surface area (TPSA) is 166 Å². The molecule has 2 aliphatic rings. The molecule has 3 aromatic carbocycles. The van der Waals surface area contributed by atoms with E-state index >= 15 is 0 Å². The van der Waals surface area contributed by atoms with Crippen LogP contribution in [0.1, 0.15) is 76.6 Å². The molecule has 0 bridgehead atoms. The highest BCUT2D eigenvalue weighted by Crippen LogP contribution is 2.42. The van der Waals surface area contributed by atoms with E-state index in [0.29, 0.717) is 45.4 Å². The van der Waals surface area contributed by atoms with Crippen molar-refractivity contribution >= 4 is 50.6 Å². The lowest BCUT2D eigenvalue weighted by molar-refractivity contribution is -0.169. The molecule has 61 heavy (non-hydrogen) atoms. The van der Waals surface area contributed by atoms with Crippen LogP contribution in [0, 0.1) is 0 Å². The average Bonchev–Trinajstić information content (AvgIpc) is 4.12. The number of esters is 1. The number of aryl methyl sites for hydroxylation is 2. The van der Waals surface area contributed by atoms with Gasteiger partial charge in [0.2, 0.25) is 11.2 Å². The number of aliphatic hydroxyl groups excluding tert-OH is 1. The zero-order chi connectivity index (χ0) is 42.1. The molecule has 12 nitrogen and oxygen atoms in total. The van der Waals surface area contributed by atoms with Crippen LogP contribution in [0.5, 0.6) is 5.75 Å². The second-order valence-corrected chi connectivity index (χ2v) is 18.4. The van der Waals surface area contributed by atoms with Crippen LogP contribution in [0.25, 0.3) is 32.4 Å². The first-order valence-electron chi connectivity index (χ1n) is 21.1. The molecule has 0 unspecified atom stereocenters. The van der Waals surface area contributed by atoms with E-state index in [1.807, 2.05) is 53.9 Å². The summed E-state index contributed by atoms with van der Waals surface area (Å²) in [5.41, 5.74) is 5.64. The average molecular weight is 859 g/mol. The fourth-order valence-corrected chi connectivity index (χ4v) is 11.2. The number of carbonyl (C=O) groups excluding carboxylic acids is 1. The van der Waals surface area contributed by atoms with Gasteiger partial charge in [0, 0.05) is 42.0 Å². The minimum Gasteiger partial charge on any atom is -0.506 e. The predicted octanol–water partition coefficient (Wildman–Crippen LogP) is 7.19. The second kappa shape index (κ2) is 17.6. The fourth-order valence-electron chi connectivity index (χ4n) is 9.25. The van der Waals surface area contributed by atoms with Gasteiger partial charge in [-0.1, -0.05) is 47.7 Å². The van der Waals surface area contributed by atoms with E-state index < -0.39 is 17.7 Å². The molecule has 1 fully saturated rings. The van der Waals surface area contributed by atoms with Crippen LogP contribution < -0.4 is 10.9 Å². The lowest BCUT2D eigenvalue weighted by Gasteiger charge is -2.35. The second-order valence-electron chi connectivity index (χ2n) is 16.3. The van der Waals surface area contributed by atoms with Crippen LogP contribution in [0.15, 0.2) is 95.1 Å². The monoisotopic (exact) mass is 858 g/mol. The summed E-state index contributed by atoms with van der Waals surface area (Å²) in [6.45, 7) is 2.52. The molecule has 5 N–H and O–H groups in total. The first-order valence-corrected chi connectivity index (χ1v) is 22.8. The molecular weight excluding hydrogens is 809 g/mol. The number of nitrogens with zero attached hydrogens (tertiary/aromatic N) is 4. The maximum Gasteiger partial charge on any atom is 0.349 e. The van der Waals surface area contributed by atoms with Crippen molar-refractivity contribution in [1.82, 2.24) is 30.2 Å². The number of carbonyl (C=O) groups is 1. The zero-order valence-electron chi connectivity index (χ0n) is 34.0. The smallest absolute Gasteiger partial charge is 0.349 e. The molecule has 9 rings (SSSR count). The highest BCUT2D eigenvalue weighted by atomic mass is 32.1. The van der Waals surface area contributed by atoms with Gasteiger partial charge in [-0.2, -0.15) is 0 Å². The Morgan fingerprint density at radius 3 is 2.64 bits per heavy atom. The van der Waals surface area contributed by atoms with Gasteiger partial charge in [0.15, 0.2) is 0 Å². The van der Waals surface area contributed by atoms with Gasteiger partial charge in [-0.15, -0.1) is 27.8 Å². The molecule has 14 heteroatoms. The number of rotatable bonds is 15. The molecule has 0 aliphatic heterocycles. The fraction of sp³-hybridized carbons (Fsp3) is 0.362. The number of benzene rings is 3. The molecule has 0 spiro atoms. The van der Waals surface area contributed by atoms with Crippen LogP contribution >= 0.6 is 22.7 Å². The summed E-state index contributed by atoms with van der Waals surface area (Å²) < 4.78 is 8.19. The Balaban J connectivity index is 0.780. The van der Waals surface area contributed by atoms with E-state index in [2.05, 4.69) is 43.3 Å². The van der Waals surface area contributed by atoms with Gasteiger partial charge < -0.3 is 35.3 Å². The first kappa shape index (κ1) is 41.1. The number of phenolic OH excluding ortho intramolecular Hbond substituents is 1. The van der Waals surface area contributed by atoms with Crippen molar-refractivity contribution in [3.8, 4) is 16.2 Å². The standard InChI is InChI=1S/C47H50N6O6S2/c1-52(31-13-15-32(16-14-31)59-46(57)47(58,41-12-6-25-60-41)42-21-20-40(61-42)29-8-3-2-4-9-29)23-7-24-53-45-36-11-5-10-33(36)30(26-37(45)50-51-53)27-48-28-39(55)34-17-19-38(54)44-35(34)18-22-43(56)49-44/h2-4,6,8-9,12,17-22,25-26,31-32,39,48,54-55,58H,5,7,10-11,13-16,23-24,27-28H2,1H3,(H,49,56)/t31?,32?,39-,47-/m0/s1. The van der Waals surface area contributed by atoms with Crippen molar-refractivity contribution in [1.29, 1.82) is 0 Å². The van der Waals surface area contributed by atoms with Crippen molar-refractivity contribution in [2.75, 3.05) is 20.1 Å². The number of thiophene rings is 2. The normalized spacial score (nSPS) is 18.1. The number of hydrogen-bond donors (Lipinski definition) is 5. The number of aromatic nitrogens is 4. The summed E-state index contributed by atoms with van der Waals surface area (Å²) in [7, 11) is 2.17. The maximum atomic E-state index is 13.9. The van der Waals surface area contributed by atoms with E-state index in [0.717, 1.165) is 85.9 Å². The molecule has 2 atom stereocenters. The lowest BCUT2D eigenvalue weighted by Crippen LogP contribution is -2.42. The molecular formula is C47H50N6O6S2. The third kappa shape index (κ3) is 8.28. The number of aromatic amines is 1. The summed E-state index contributed by atoms with van der Waals surface area (Å²) >= 11 is 2.78. The van der Waals surface area contributed by atoms with Crippen LogP contribution in [0.2, 0.25) is 0 Å². The number of pyridine rings is 1. The number of nitrogens with one attached hydrogen (secondary N) is 2. The van der Waals surface area contributed by atoms with E-state index in [4.69, 9.17) is 4.74 Å². The first-order chi connectivity index (χ1) is 29.7. The number of ether oxygens (including phenoxy) is 1. The molecule has 4 heterocycles. The van der Waals surface area contributed by atoms with Gasteiger partial charge in [0.1, 0.15) is 17.4 Å². The van der Waals surface area contributed by atoms with Gasteiger partial charge in [-0.05, 0) is 135 Å². The summed E-state index contributed by atoms with van der Waals surface area (Å²) in [5.74, 6) is -0.643. The molecule has 316 valence electrons. The Hall–Kier alpha value is -5.22. The van der Waals surface area contributed by atoms with Crippen LogP contribution in [-0.2, 0) is 41.1 Å². The SMILES string of the molecule is CN(CCCn1nnc2cc(CNC[C@H](O)c3ccc(O)c4[nH]c(=O)ccc34)c3c(c21)CCC3)C1CCC(OC(=O)[C@](O)(c2cccs2)c2ccc(-c3ccccc3)s2)CC1. The highest BCUT2D eigenvalue weighted by Gasteiger charge is 2.45. The minimum atomic E-state index is -1.86. The highest BCUT2D eigenvalue weighted by molar-refractivity contribution is 7.16. The van der Waals surface area contributed by atoms with Crippen molar-refractivity contribution < 1.29 is 24.9 Å². The predicted molar refractivity (Wildman–Crippen MR) is 239 cm³/mol. The number of H-pyrrole nitrogens is 1. The van der Waals surface area contributed by atoms with Crippen molar-refractivity contribution in [2.24, 2.45) is 0 Å². The zero-order valence-corrected chi connectivity index (χ0v) is 35.7. The number of hydrogen-bond acceptors (Lipinski definition) is 12. The summed E-state index contributed by atoms with van der Waals surface area (Å²) in [4.78, 5) is 32.9. The van der Waals surface area contributed by atoms with Gasteiger partial charge in [0.25, 0.3) is 0 Å². The number of fused-ring (bicyclic) bond motifs is 4. The largest absolute Gasteiger partial charge is 0.506 e. The Kier molecular flexibility index (Phi) is 11.9. The third-order valence-corrected chi connectivity index (χ3v) is 14.7. The number of aromatic hydroxyl groups is 1. The van der Waals surface area contributed by atoms with E-state index in [1.165, 1.54) is 51.5 Å². The molecule has 2 aliphatic carbocycles. The van der Waals surface area contributed by atoms with Crippen LogP contribution in [0.3, 0.4) is 0 Å². The van der Waals surface area contributed by atoms with Crippen LogP contribution in [-0.4, -0.2) is 78.4 Å².